The summed E-state index contributed by atoms with van der Waals surface area (Å²) in [6.45, 7) is 3.22. The zero-order valence-electron chi connectivity index (χ0n) is 20.2. The van der Waals surface area contributed by atoms with Crippen molar-refractivity contribution >= 4 is 42.1 Å². The van der Waals surface area contributed by atoms with Crippen molar-refractivity contribution in [1.82, 2.24) is 14.9 Å². The number of fused-ring (bicyclic) bond motifs is 1. The number of rotatable bonds is 8. The van der Waals surface area contributed by atoms with Crippen LogP contribution in [-0.4, -0.2) is 33.7 Å². The molecular formula is C28H33Cl2FN4O. The van der Waals surface area contributed by atoms with E-state index in [1.54, 1.807) is 0 Å². The van der Waals surface area contributed by atoms with Gasteiger partial charge in [0, 0.05) is 29.8 Å². The summed E-state index contributed by atoms with van der Waals surface area (Å²) in [5.41, 5.74) is 4.29. The Morgan fingerprint density at radius 2 is 1.69 bits per heavy atom. The van der Waals surface area contributed by atoms with Crippen LogP contribution >= 0.6 is 24.8 Å². The topological polar surface area (TPSA) is 58.1 Å². The number of Topliss-reactive ketones (excluding diaryl/α,β-unsaturated/α-hetero) is 1. The van der Waals surface area contributed by atoms with E-state index in [0.717, 1.165) is 55.7 Å². The number of hydrogen-bond donors (Lipinski definition) is 1. The predicted molar refractivity (Wildman–Crippen MR) is 146 cm³/mol. The molecule has 0 amide bonds. The molecule has 0 spiro atoms. The summed E-state index contributed by atoms with van der Waals surface area (Å²) in [6, 6.07) is 18.1. The molecule has 1 atom stereocenters. The lowest BCUT2D eigenvalue weighted by molar-refractivity contribution is 0.0961. The van der Waals surface area contributed by atoms with E-state index >= 15 is 0 Å². The molecule has 5 rings (SSSR count). The lowest BCUT2D eigenvalue weighted by Crippen LogP contribution is -2.33. The van der Waals surface area contributed by atoms with Gasteiger partial charge in [0.25, 0.3) is 0 Å². The molecule has 1 aromatic heterocycles. The largest absolute Gasteiger partial charge is 0.340 e. The zero-order chi connectivity index (χ0) is 23.3. The van der Waals surface area contributed by atoms with Gasteiger partial charge in [-0.2, -0.15) is 0 Å². The van der Waals surface area contributed by atoms with E-state index in [9.17, 15) is 9.18 Å². The third-order valence-corrected chi connectivity index (χ3v) is 7.13. The monoisotopic (exact) mass is 530 g/mol. The second kappa shape index (κ2) is 13.1. The number of aromatic nitrogens is 2. The first-order valence-electron chi connectivity index (χ1n) is 12.3. The van der Waals surface area contributed by atoms with Crippen molar-refractivity contribution in [1.29, 1.82) is 0 Å². The summed E-state index contributed by atoms with van der Waals surface area (Å²) >= 11 is 0. The number of likely N-dealkylation sites (tertiary alicyclic amines) is 1. The summed E-state index contributed by atoms with van der Waals surface area (Å²) in [7, 11) is 0. The van der Waals surface area contributed by atoms with Crippen LogP contribution in [0.25, 0.3) is 0 Å². The number of anilines is 2. The maximum atomic E-state index is 13.9. The third-order valence-electron chi connectivity index (χ3n) is 7.13. The lowest BCUT2D eigenvalue weighted by Gasteiger charge is -2.32. The zero-order valence-corrected chi connectivity index (χ0v) is 21.9. The van der Waals surface area contributed by atoms with Crippen LogP contribution < -0.4 is 5.32 Å². The average Bonchev–Trinajstić information content (AvgIpc) is 3.26. The van der Waals surface area contributed by atoms with Gasteiger partial charge in [0.2, 0.25) is 0 Å². The van der Waals surface area contributed by atoms with Crippen LogP contribution in [0.15, 0.2) is 60.9 Å². The number of benzene rings is 2. The number of alkyl halides is 1. The molecule has 192 valence electrons. The highest BCUT2D eigenvalue weighted by Crippen LogP contribution is 2.36. The minimum atomic E-state index is -1.00. The second-order valence-corrected chi connectivity index (χ2v) is 9.46. The highest BCUT2D eigenvalue weighted by atomic mass is 35.5. The molecule has 1 fully saturated rings. The molecule has 2 aliphatic rings. The Balaban J connectivity index is 0.00000180. The number of carbonyl (C=O) groups excluding carboxylic acids is 1. The maximum Gasteiger partial charge on any atom is 0.162 e. The number of piperidine rings is 1. The van der Waals surface area contributed by atoms with Crippen molar-refractivity contribution in [3.63, 3.8) is 0 Å². The SMILES string of the molecule is Cl.Cl.O=C(CCC1CCN(Cc2ccccc2)CC1)c1ccc(Nc2ncnc3c2CCC3F)cc1. The summed E-state index contributed by atoms with van der Waals surface area (Å²) < 4.78 is 13.9. The highest BCUT2D eigenvalue weighted by Gasteiger charge is 2.26. The van der Waals surface area contributed by atoms with Crippen LogP contribution in [0.2, 0.25) is 0 Å². The van der Waals surface area contributed by atoms with E-state index in [1.165, 1.54) is 11.9 Å². The number of halogens is 3. The Bertz CT molecular complexity index is 1120. The van der Waals surface area contributed by atoms with E-state index in [1.807, 2.05) is 24.3 Å². The first kappa shape index (κ1) is 28.0. The van der Waals surface area contributed by atoms with Gasteiger partial charge in [0.15, 0.2) is 5.78 Å². The van der Waals surface area contributed by atoms with Gasteiger partial charge in [-0.3, -0.25) is 9.69 Å². The van der Waals surface area contributed by atoms with E-state index in [-0.39, 0.29) is 30.6 Å². The van der Waals surface area contributed by atoms with Gasteiger partial charge >= 0.3 is 0 Å². The Labute approximate surface area is 224 Å². The van der Waals surface area contributed by atoms with Crippen LogP contribution in [0, 0.1) is 5.92 Å². The summed E-state index contributed by atoms with van der Waals surface area (Å²) in [5.74, 6) is 1.47. The van der Waals surface area contributed by atoms with Crippen molar-refractivity contribution in [3.8, 4) is 0 Å². The van der Waals surface area contributed by atoms with E-state index in [4.69, 9.17) is 0 Å². The van der Waals surface area contributed by atoms with Gasteiger partial charge in [-0.15, -0.1) is 24.8 Å². The number of nitrogens with one attached hydrogen (secondary N) is 1. The highest BCUT2D eigenvalue weighted by molar-refractivity contribution is 5.96. The van der Waals surface area contributed by atoms with Gasteiger partial charge in [0.05, 0.1) is 5.69 Å². The molecule has 1 aliphatic heterocycles. The van der Waals surface area contributed by atoms with Crippen molar-refractivity contribution in [2.45, 2.75) is 51.2 Å². The Morgan fingerprint density at radius 3 is 2.42 bits per heavy atom. The molecule has 2 heterocycles. The fourth-order valence-electron chi connectivity index (χ4n) is 5.09. The molecule has 2 aromatic carbocycles. The van der Waals surface area contributed by atoms with E-state index < -0.39 is 6.17 Å². The van der Waals surface area contributed by atoms with Crippen molar-refractivity contribution in [2.24, 2.45) is 5.92 Å². The molecule has 1 N–H and O–H groups in total. The fraction of sp³-hybridized carbons (Fsp3) is 0.393. The fourth-order valence-corrected chi connectivity index (χ4v) is 5.09. The molecule has 1 aliphatic carbocycles. The molecule has 0 bridgehead atoms. The van der Waals surface area contributed by atoms with Gasteiger partial charge in [-0.05, 0) is 80.9 Å². The molecule has 1 saturated heterocycles. The summed E-state index contributed by atoms with van der Waals surface area (Å²) in [4.78, 5) is 23.6. The number of nitrogens with zero attached hydrogens (tertiary/aromatic N) is 3. The van der Waals surface area contributed by atoms with E-state index in [0.29, 0.717) is 36.7 Å². The van der Waals surface area contributed by atoms with Gasteiger partial charge in [-0.1, -0.05) is 30.3 Å². The Kier molecular flexibility index (Phi) is 10.2. The van der Waals surface area contributed by atoms with Crippen LogP contribution in [-0.2, 0) is 13.0 Å². The van der Waals surface area contributed by atoms with Crippen molar-refractivity contribution in [2.75, 3.05) is 18.4 Å². The van der Waals surface area contributed by atoms with Crippen molar-refractivity contribution in [3.05, 3.63) is 83.3 Å². The first-order chi connectivity index (χ1) is 16.7. The number of hydrogen-bond acceptors (Lipinski definition) is 5. The van der Waals surface area contributed by atoms with Crippen LogP contribution in [0.4, 0.5) is 15.9 Å². The quantitative estimate of drug-likeness (QED) is 0.321. The number of carbonyl (C=O) groups is 1. The molecular weight excluding hydrogens is 498 g/mol. The first-order valence-corrected chi connectivity index (χ1v) is 12.3. The molecule has 3 aromatic rings. The van der Waals surface area contributed by atoms with Crippen LogP contribution in [0.3, 0.4) is 0 Å². The number of ketones is 1. The minimum Gasteiger partial charge on any atom is -0.340 e. The molecule has 0 saturated carbocycles. The van der Waals surface area contributed by atoms with Gasteiger partial charge in [0.1, 0.15) is 18.3 Å². The summed E-state index contributed by atoms with van der Waals surface area (Å²) in [5, 5.41) is 3.26. The molecule has 36 heavy (non-hydrogen) atoms. The Hall–Kier alpha value is -2.54. The van der Waals surface area contributed by atoms with Gasteiger partial charge < -0.3 is 5.32 Å². The molecule has 0 radical (unpaired) electrons. The predicted octanol–water partition coefficient (Wildman–Crippen LogP) is 6.90. The molecule has 1 unspecified atom stereocenters. The van der Waals surface area contributed by atoms with Crippen LogP contribution in [0.1, 0.15) is 65.5 Å². The van der Waals surface area contributed by atoms with Crippen LogP contribution in [0.5, 0.6) is 0 Å². The van der Waals surface area contributed by atoms with E-state index in [2.05, 4.69) is 50.5 Å². The molecule has 8 heteroatoms. The minimum absolute atomic E-state index is 0. The van der Waals surface area contributed by atoms with Gasteiger partial charge in [-0.25, -0.2) is 14.4 Å². The smallest absolute Gasteiger partial charge is 0.162 e. The van der Waals surface area contributed by atoms with Crippen molar-refractivity contribution < 1.29 is 9.18 Å². The standard InChI is InChI=1S/C28H31FN4O.2ClH/c29-25-12-11-24-27(25)30-19-31-28(24)32-23-9-7-22(8-10-23)26(34)13-6-20-14-16-33(17-15-20)18-21-4-2-1-3-5-21;;/h1-5,7-10,19-20,25H,6,11-18H2,(H,30,31,32);2*1H. The average molecular weight is 532 g/mol. The summed E-state index contributed by atoms with van der Waals surface area (Å²) in [6.07, 6.45) is 5.36. The Morgan fingerprint density at radius 1 is 0.972 bits per heavy atom. The lowest BCUT2D eigenvalue weighted by atomic mass is 9.90. The second-order valence-electron chi connectivity index (χ2n) is 9.46. The molecule has 5 nitrogen and oxygen atoms in total. The normalized spacial score (nSPS) is 17.5. The third kappa shape index (κ3) is 6.81. The maximum absolute atomic E-state index is 13.9.